The van der Waals surface area contributed by atoms with Gasteiger partial charge in [0.05, 0.1) is 12.8 Å². The molecule has 0 amide bonds. The molecule has 2 heterocycles. The van der Waals surface area contributed by atoms with Crippen molar-refractivity contribution in [3.05, 3.63) is 42.5 Å². The van der Waals surface area contributed by atoms with Gasteiger partial charge in [-0.3, -0.25) is 0 Å². The van der Waals surface area contributed by atoms with E-state index in [1.54, 1.807) is 12.5 Å². The van der Waals surface area contributed by atoms with Crippen molar-refractivity contribution in [2.75, 3.05) is 17.7 Å². The predicted molar refractivity (Wildman–Crippen MR) is 59.8 cm³/mol. The van der Waals surface area contributed by atoms with Crippen LogP contribution in [0.4, 0.5) is 11.5 Å². The molecule has 0 bridgehead atoms. The first-order valence-electron chi connectivity index (χ1n) is 4.78. The minimum Gasteiger partial charge on any atom is -0.467 e. The Morgan fingerprint density at radius 3 is 3.07 bits per heavy atom. The Morgan fingerprint density at radius 1 is 1.40 bits per heavy atom. The molecule has 0 atom stereocenters. The Labute approximate surface area is 88.3 Å². The third-order valence-corrected chi connectivity index (χ3v) is 2.06. The molecule has 4 nitrogen and oxygen atoms in total. The van der Waals surface area contributed by atoms with Crippen molar-refractivity contribution in [3.8, 4) is 0 Å². The Kier molecular flexibility index (Phi) is 2.88. The summed E-state index contributed by atoms with van der Waals surface area (Å²) < 4.78 is 5.22. The first-order valence-corrected chi connectivity index (χ1v) is 4.78. The van der Waals surface area contributed by atoms with Gasteiger partial charge in [0.25, 0.3) is 0 Å². The van der Waals surface area contributed by atoms with E-state index in [4.69, 9.17) is 4.42 Å². The molecule has 2 N–H and O–H groups in total. The second-order valence-corrected chi connectivity index (χ2v) is 3.11. The highest BCUT2D eigenvalue weighted by Crippen LogP contribution is 2.12. The van der Waals surface area contributed by atoms with E-state index in [0.717, 1.165) is 17.3 Å². The zero-order chi connectivity index (χ0) is 10.5. The van der Waals surface area contributed by atoms with Crippen LogP contribution in [0, 0.1) is 0 Å². The lowest BCUT2D eigenvalue weighted by atomic mass is 10.3. The summed E-state index contributed by atoms with van der Waals surface area (Å²) in [5.74, 6) is 1.76. The highest BCUT2D eigenvalue weighted by molar-refractivity contribution is 5.51. The average Bonchev–Trinajstić information content (AvgIpc) is 2.79. The molecule has 0 unspecified atom stereocenters. The van der Waals surface area contributed by atoms with Crippen LogP contribution in [0.2, 0.25) is 0 Å². The Hall–Kier alpha value is -1.97. The van der Waals surface area contributed by atoms with Crippen LogP contribution in [-0.4, -0.2) is 12.0 Å². The molecule has 2 rings (SSSR count). The van der Waals surface area contributed by atoms with Gasteiger partial charge >= 0.3 is 0 Å². The number of nitrogens with one attached hydrogen (secondary N) is 2. The standard InChI is InChI=1S/C11H13N3O/c1-12-11-7-9(4-5-13-11)14-8-10-3-2-6-15-10/h2-7H,8H2,1H3,(H2,12,13,14). The fourth-order valence-corrected chi connectivity index (χ4v) is 1.28. The van der Waals surface area contributed by atoms with Gasteiger partial charge in [0, 0.05) is 25.0 Å². The second-order valence-electron chi connectivity index (χ2n) is 3.11. The molecule has 2 aromatic heterocycles. The molecule has 0 aliphatic carbocycles. The number of hydrogen-bond donors (Lipinski definition) is 2. The molecule has 4 heteroatoms. The number of hydrogen-bond acceptors (Lipinski definition) is 4. The lowest BCUT2D eigenvalue weighted by Crippen LogP contribution is -1.99. The van der Waals surface area contributed by atoms with Crippen molar-refractivity contribution < 1.29 is 4.42 Å². The molecule has 0 radical (unpaired) electrons. The van der Waals surface area contributed by atoms with E-state index in [9.17, 15) is 0 Å². The molecule has 0 saturated heterocycles. The maximum Gasteiger partial charge on any atom is 0.127 e. The van der Waals surface area contributed by atoms with E-state index < -0.39 is 0 Å². The molecule has 0 spiro atoms. The summed E-state index contributed by atoms with van der Waals surface area (Å²) in [5, 5.41) is 6.23. The largest absolute Gasteiger partial charge is 0.467 e. The molecule has 15 heavy (non-hydrogen) atoms. The van der Waals surface area contributed by atoms with Gasteiger partial charge in [-0.1, -0.05) is 0 Å². The van der Waals surface area contributed by atoms with Gasteiger partial charge in [0.15, 0.2) is 0 Å². The summed E-state index contributed by atoms with van der Waals surface area (Å²) in [7, 11) is 1.85. The third kappa shape index (κ3) is 2.49. The molecule has 0 aliphatic heterocycles. The van der Waals surface area contributed by atoms with E-state index in [2.05, 4.69) is 15.6 Å². The lowest BCUT2D eigenvalue weighted by Gasteiger charge is -2.05. The molecule has 0 saturated carbocycles. The smallest absolute Gasteiger partial charge is 0.127 e. The minimum absolute atomic E-state index is 0.681. The van der Waals surface area contributed by atoms with E-state index >= 15 is 0 Å². The Balaban J connectivity index is 1.98. The van der Waals surface area contributed by atoms with Crippen LogP contribution in [0.5, 0.6) is 0 Å². The second kappa shape index (κ2) is 4.50. The number of pyridine rings is 1. The van der Waals surface area contributed by atoms with Crippen molar-refractivity contribution in [1.29, 1.82) is 0 Å². The first kappa shape index (κ1) is 9.58. The van der Waals surface area contributed by atoms with Crippen LogP contribution >= 0.6 is 0 Å². The lowest BCUT2D eigenvalue weighted by molar-refractivity contribution is 0.518. The van der Waals surface area contributed by atoms with Crippen LogP contribution in [0.15, 0.2) is 41.1 Å². The van der Waals surface area contributed by atoms with Crippen LogP contribution in [0.1, 0.15) is 5.76 Å². The van der Waals surface area contributed by atoms with E-state index in [1.807, 2.05) is 31.3 Å². The van der Waals surface area contributed by atoms with Gasteiger partial charge in [-0.2, -0.15) is 0 Å². The quantitative estimate of drug-likeness (QED) is 0.800. The minimum atomic E-state index is 0.681. The molecule has 0 aromatic carbocycles. The Bertz CT molecular complexity index is 412. The zero-order valence-electron chi connectivity index (χ0n) is 8.53. The normalized spacial score (nSPS) is 9.93. The number of anilines is 2. The van der Waals surface area contributed by atoms with Crippen LogP contribution in [-0.2, 0) is 6.54 Å². The summed E-state index contributed by atoms with van der Waals surface area (Å²) in [6.45, 7) is 0.681. The monoisotopic (exact) mass is 203 g/mol. The van der Waals surface area contributed by atoms with Crippen molar-refractivity contribution in [3.63, 3.8) is 0 Å². The molecule has 78 valence electrons. The van der Waals surface area contributed by atoms with Crippen molar-refractivity contribution >= 4 is 11.5 Å². The number of rotatable bonds is 4. The van der Waals surface area contributed by atoms with E-state index in [1.165, 1.54) is 0 Å². The summed E-state index contributed by atoms with van der Waals surface area (Å²) >= 11 is 0. The number of nitrogens with zero attached hydrogens (tertiary/aromatic N) is 1. The van der Waals surface area contributed by atoms with Crippen LogP contribution in [0.3, 0.4) is 0 Å². The molecular weight excluding hydrogens is 190 g/mol. The maximum absolute atomic E-state index is 5.22. The van der Waals surface area contributed by atoms with Gasteiger partial charge in [0.2, 0.25) is 0 Å². The molecule has 0 aliphatic rings. The van der Waals surface area contributed by atoms with Gasteiger partial charge in [-0.15, -0.1) is 0 Å². The number of aromatic nitrogens is 1. The van der Waals surface area contributed by atoms with Crippen molar-refractivity contribution in [2.24, 2.45) is 0 Å². The summed E-state index contributed by atoms with van der Waals surface area (Å²) in [6.07, 6.45) is 3.43. The predicted octanol–water partition coefficient (Wildman–Crippen LogP) is 2.33. The maximum atomic E-state index is 5.22. The zero-order valence-corrected chi connectivity index (χ0v) is 8.53. The highest BCUT2D eigenvalue weighted by Gasteiger charge is 1.97. The first-order chi connectivity index (χ1) is 7.38. The highest BCUT2D eigenvalue weighted by atomic mass is 16.3. The molecule has 0 fully saturated rings. The van der Waals surface area contributed by atoms with Gasteiger partial charge < -0.3 is 15.1 Å². The summed E-state index contributed by atoms with van der Waals surface area (Å²) in [5.41, 5.74) is 1.02. The Morgan fingerprint density at radius 2 is 2.33 bits per heavy atom. The van der Waals surface area contributed by atoms with Crippen LogP contribution in [0.25, 0.3) is 0 Å². The average molecular weight is 203 g/mol. The van der Waals surface area contributed by atoms with Crippen LogP contribution < -0.4 is 10.6 Å². The third-order valence-electron chi connectivity index (χ3n) is 2.06. The fourth-order valence-electron chi connectivity index (χ4n) is 1.28. The van der Waals surface area contributed by atoms with Crippen molar-refractivity contribution in [2.45, 2.75) is 6.54 Å². The van der Waals surface area contributed by atoms with Crippen molar-refractivity contribution in [1.82, 2.24) is 4.98 Å². The summed E-state index contributed by atoms with van der Waals surface area (Å²) in [6, 6.07) is 7.68. The SMILES string of the molecule is CNc1cc(NCc2ccco2)ccn1. The number of furan rings is 1. The molecule has 2 aromatic rings. The van der Waals surface area contributed by atoms with E-state index in [-0.39, 0.29) is 0 Å². The fraction of sp³-hybridized carbons (Fsp3) is 0.182. The van der Waals surface area contributed by atoms with Gasteiger partial charge in [-0.25, -0.2) is 4.98 Å². The van der Waals surface area contributed by atoms with Gasteiger partial charge in [-0.05, 0) is 18.2 Å². The molecular formula is C11H13N3O. The topological polar surface area (TPSA) is 50.1 Å². The van der Waals surface area contributed by atoms with Gasteiger partial charge in [0.1, 0.15) is 11.6 Å². The summed E-state index contributed by atoms with van der Waals surface area (Å²) in [4.78, 5) is 4.13. The van der Waals surface area contributed by atoms with E-state index in [0.29, 0.717) is 6.54 Å².